The molecule has 1 aromatic carbocycles. The molecule has 0 heterocycles. The summed E-state index contributed by atoms with van der Waals surface area (Å²) in [6.07, 6.45) is 0. The average molecular weight is 248 g/mol. The highest BCUT2D eigenvalue weighted by atomic mass is 16.5. The first-order valence-corrected chi connectivity index (χ1v) is 5.95. The second-order valence-electron chi connectivity index (χ2n) is 4.71. The number of hydrogen-bond acceptors (Lipinski definition) is 4. The number of benzene rings is 1. The van der Waals surface area contributed by atoms with Crippen LogP contribution in [0.4, 0.5) is 0 Å². The molecule has 4 heteroatoms. The van der Waals surface area contributed by atoms with Crippen LogP contribution in [0.15, 0.2) is 24.3 Å². The van der Waals surface area contributed by atoms with Crippen molar-refractivity contribution in [3.8, 4) is 17.6 Å². The average Bonchev–Trinajstić information content (AvgIpc) is 2.36. The molecule has 0 spiro atoms. The van der Waals surface area contributed by atoms with E-state index >= 15 is 0 Å². The minimum Gasteiger partial charge on any atom is -0.497 e. The second kappa shape index (κ2) is 6.27. The highest BCUT2D eigenvalue weighted by Gasteiger charge is 2.25. The van der Waals surface area contributed by atoms with Crippen LogP contribution in [0, 0.1) is 11.3 Å². The number of ether oxygens (including phenoxy) is 2. The first-order valence-electron chi connectivity index (χ1n) is 5.95. The van der Waals surface area contributed by atoms with Crippen molar-refractivity contribution in [1.82, 2.24) is 5.32 Å². The maximum absolute atomic E-state index is 9.18. The third-order valence-electron chi connectivity index (χ3n) is 2.44. The number of nitriles is 1. The Labute approximate surface area is 109 Å². The topological polar surface area (TPSA) is 54.3 Å². The van der Waals surface area contributed by atoms with Crippen LogP contribution in [-0.4, -0.2) is 25.3 Å². The molecule has 0 aliphatic heterocycles. The van der Waals surface area contributed by atoms with Crippen molar-refractivity contribution in [2.75, 3.05) is 13.7 Å². The molecular weight excluding hydrogens is 228 g/mol. The van der Waals surface area contributed by atoms with Gasteiger partial charge < -0.3 is 9.47 Å². The summed E-state index contributed by atoms with van der Waals surface area (Å²) in [5.74, 6) is 1.51. The zero-order valence-electron chi connectivity index (χ0n) is 11.4. The molecule has 0 saturated carbocycles. The van der Waals surface area contributed by atoms with Gasteiger partial charge in [0.2, 0.25) is 0 Å². The molecule has 1 atom stereocenters. The Hall–Kier alpha value is -1.73. The van der Waals surface area contributed by atoms with Gasteiger partial charge in [0.15, 0.2) is 0 Å². The fourth-order valence-corrected chi connectivity index (χ4v) is 1.64. The van der Waals surface area contributed by atoms with Gasteiger partial charge in [-0.15, -0.1) is 0 Å². The van der Waals surface area contributed by atoms with Gasteiger partial charge in [-0.05, 0) is 45.0 Å². The van der Waals surface area contributed by atoms with Gasteiger partial charge >= 0.3 is 0 Å². The molecule has 0 aliphatic rings. The van der Waals surface area contributed by atoms with Gasteiger partial charge in [-0.3, -0.25) is 5.32 Å². The van der Waals surface area contributed by atoms with Gasteiger partial charge in [0.05, 0.1) is 13.2 Å². The van der Waals surface area contributed by atoms with Crippen molar-refractivity contribution in [3.05, 3.63) is 24.3 Å². The molecule has 0 amide bonds. The lowest BCUT2D eigenvalue weighted by molar-refractivity contribution is 0.225. The highest BCUT2D eigenvalue weighted by molar-refractivity contribution is 5.31. The quantitative estimate of drug-likeness (QED) is 0.839. The highest BCUT2D eigenvalue weighted by Crippen LogP contribution is 2.18. The van der Waals surface area contributed by atoms with Crippen LogP contribution in [0.5, 0.6) is 11.5 Å². The molecule has 0 bridgehead atoms. The Balaban J connectivity index is 2.59. The molecule has 0 saturated heterocycles. The van der Waals surface area contributed by atoms with Crippen molar-refractivity contribution in [3.63, 3.8) is 0 Å². The molecule has 1 unspecified atom stereocenters. The minimum atomic E-state index is -0.686. The summed E-state index contributed by atoms with van der Waals surface area (Å²) in [6.45, 7) is 6.14. The van der Waals surface area contributed by atoms with E-state index in [-0.39, 0.29) is 6.04 Å². The zero-order valence-corrected chi connectivity index (χ0v) is 11.4. The molecule has 18 heavy (non-hydrogen) atoms. The van der Waals surface area contributed by atoms with E-state index in [0.717, 1.165) is 11.5 Å². The van der Waals surface area contributed by atoms with Gasteiger partial charge in [-0.25, -0.2) is 0 Å². The Bertz CT molecular complexity index is 409. The first-order chi connectivity index (χ1) is 8.49. The van der Waals surface area contributed by atoms with E-state index in [1.807, 2.05) is 45.0 Å². The third kappa shape index (κ3) is 4.27. The Kier molecular flexibility index (Phi) is 4.99. The molecule has 1 N–H and O–H groups in total. The van der Waals surface area contributed by atoms with Crippen molar-refractivity contribution in [1.29, 1.82) is 5.26 Å². The Morgan fingerprint density at radius 1 is 1.28 bits per heavy atom. The predicted octanol–water partition coefficient (Wildman–Crippen LogP) is 2.35. The number of nitrogens with one attached hydrogen (secondary N) is 1. The molecule has 1 rings (SSSR count). The number of hydrogen-bond donors (Lipinski definition) is 1. The Morgan fingerprint density at radius 3 is 2.28 bits per heavy atom. The summed E-state index contributed by atoms with van der Waals surface area (Å²) >= 11 is 0. The molecular formula is C14H20N2O2. The van der Waals surface area contributed by atoms with E-state index in [4.69, 9.17) is 9.47 Å². The summed E-state index contributed by atoms with van der Waals surface area (Å²) in [6, 6.07) is 9.78. The van der Waals surface area contributed by atoms with E-state index in [0.29, 0.717) is 6.61 Å². The Morgan fingerprint density at radius 2 is 1.83 bits per heavy atom. The minimum absolute atomic E-state index is 0.231. The summed E-state index contributed by atoms with van der Waals surface area (Å²) < 4.78 is 10.7. The maximum atomic E-state index is 9.18. The molecule has 0 fully saturated rings. The van der Waals surface area contributed by atoms with Gasteiger partial charge in [0, 0.05) is 6.04 Å². The molecule has 4 nitrogen and oxygen atoms in total. The van der Waals surface area contributed by atoms with Crippen molar-refractivity contribution in [2.24, 2.45) is 0 Å². The third-order valence-corrected chi connectivity index (χ3v) is 2.44. The number of rotatable bonds is 6. The summed E-state index contributed by atoms with van der Waals surface area (Å²) in [7, 11) is 1.62. The van der Waals surface area contributed by atoms with Crippen molar-refractivity contribution >= 4 is 0 Å². The van der Waals surface area contributed by atoms with E-state index in [1.165, 1.54) is 0 Å². The van der Waals surface area contributed by atoms with Crippen LogP contribution < -0.4 is 14.8 Å². The smallest absolute Gasteiger partial charge is 0.138 e. The SMILES string of the molecule is COc1ccc(OCC(C)(C#N)NC(C)C)cc1. The maximum Gasteiger partial charge on any atom is 0.138 e. The normalized spacial score (nSPS) is 13.8. The number of methoxy groups -OCH3 is 1. The second-order valence-corrected chi connectivity index (χ2v) is 4.71. The van der Waals surface area contributed by atoms with E-state index in [1.54, 1.807) is 7.11 Å². The molecule has 0 aliphatic carbocycles. The van der Waals surface area contributed by atoms with Crippen LogP contribution in [-0.2, 0) is 0 Å². The molecule has 1 aromatic rings. The zero-order chi connectivity index (χ0) is 13.6. The predicted molar refractivity (Wildman–Crippen MR) is 70.8 cm³/mol. The molecule has 0 aromatic heterocycles. The van der Waals surface area contributed by atoms with Gasteiger partial charge in [-0.2, -0.15) is 5.26 Å². The van der Waals surface area contributed by atoms with Crippen LogP contribution in [0.25, 0.3) is 0 Å². The lowest BCUT2D eigenvalue weighted by Gasteiger charge is -2.25. The van der Waals surface area contributed by atoms with Crippen molar-refractivity contribution < 1.29 is 9.47 Å². The fraction of sp³-hybridized carbons (Fsp3) is 0.500. The lowest BCUT2D eigenvalue weighted by Crippen LogP contribution is -2.49. The van der Waals surface area contributed by atoms with Gasteiger partial charge in [0.1, 0.15) is 23.6 Å². The summed E-state index contributed by atoms with van der Waals surface area (Å²) in [5, 5.41) is 12.4. The van der Waals surface area contributed by atoms with E-state index in [2.05, 4.69) is 11.4 Å². The number of nitrogens with zero attached hydrogens (tertiary/aromatic N) is 1. The van der Waals surface area contributed by atoms with Crippen LogP contribution in [0.2, 0.25) is 0 Å². The first kappa shape index (κ1) is 14.3. The largest absolute Gasteiger partial charge is 0.497 e. The molecule has 0 radical (unpaired) electrons. The van der Waals surface area contributed by atoms with Gasteiger partial charge in [-0.1, -0.05) is 0 Å². The van der Waals surface area contributed by atoms with Gasteiger partial charge in [0.25, 0.3) is 0 Å². The monoisotopic (exact) mass is 248 g/mol. The van der Waals surface area contributed by atoms with Crippen LogP contribution in [0.1, 0.15) is 20.8 Å². The fourth-order valence-electron chi connectivity index (χ4n) is 1.64. The summed E-state index contributed by atoms with van der Waals surface area (Å²) in [5.41, 5.74) is -0.686. The standard InChI is InChI=1S/C14H20N2O2/c1-11(2)16-14(3,9-15)10-18-13-7-5-12(17-4)6-8-13/h5-8,11,16H,10H2,1-4H3. The van der Waals surface area contributed by atoms with Crippen LogP contribution >= 0.6 is 0 Å². The van der Waals surface area contributed by atoms with Crippen LogP contribution in [0.3, 0.4) is 0 Å². The van der Waals surface area contributed by atoms with Crippen molar-refractivity contribution in [2.45, 2.75) is 32.4 Å². The lowest BCUT2D eigenvalue weighted by atomic mass is 10.1. The van der Waals surface area contributed by atoms with E-state index in [9.17, 15) is 5.26 Å². The summed E-state index contributed by atoms with van der Waals surface area (Å²) in [4.78, 5) is 0. The van der Waals surface area contributed by atoms with E-state index < -0.39 is 5.54 Å². The molecule has 98 valence electrons.